The minimum Gasteiger partial charge on any atom is -0.504 e. The zero-order chi connectivity index (χ0) is 15.6. The molecular weight excluding hydrogens is 333 g/mol. The number of carbonyl (C=O) groups excluding carboxylic acids is 1. The molecule has 3 nitrogen and oxygen atoms in total. The zero-order valence-electron chi connectivity index (χ0n) is 11.1. The normalized spacial score (nSPS) is 10.5. The van der Waals surface area contributed by atoms with Gasteiger partial charge in [-0.1, -0.05) is 41.7 Å². The van der Waals surface area contributed by atoms with Crippen molar-refractivity contribution in [2.75, 3.05) is 5.32 Å². The van der Waals surface area contributed by atoms with Gasteiger partial charge in [-0.25, -0.2) is 0 Å². The summed E-state index contributed by atoms with van der Waals surface area (Å²) in [6.07, 6.45) is 0.580. The first-order valence-electron chi connectivity index (χ1n) is 6.20. The second-order valence-electron chi connectivity index (χ2n) is 4.36. The molecule has 0 unspecified atom stereocenters. The lowest BCUT2D eigenvalue weighted by molar-refractivity contribution is 0.102. The van der Waals surface area contributed by atoms with E-state index in [0.717, 1.165) is 0 Å². The topological polar surface area (TPSA) is 49.3 Å². The van der Waals surface area contributed by atoms with Gasteiger partial charge in [0.25, 0.3) is 5.91 Å². The summed E-state index contributed by atoms with van der Waals surface area (Å²) in [4.78, 5) is 12.1. The molecule has 2 aromatic carbocycles. The average molecular weight is 345 g/mol. The van der Waals surface area contributed by atoms with Gasteiger partial charge in [0.1, 0.15) is 0 Å². The van der Waals surface area contributed by atoms with Gasteiger partial charge in [-0.3, -0.25) is 4.79 Å². The van der Waals surface area contributed by atoms with Gasteiger partial charge in [0.15, 0.2) is 5.75 Å². The summed E-state index contributed by atoms with van der Waals surface area (Å²) in [5, 5.41) is 13.7. The summed E-state index contributed by atoms with van der Waals surface area (Å²) < 4.78 is 0. The van der Waals surface area contributed by atoms with Crippen molar-refractivity contribution in [3.8, 4) is 5.75 Å². The number of rotatable bonds is 3. The van der Waals surface area contributed by atoms with Crippen LogP contribution in [0.25, 0.3) is 0 Å². The molecule has 0 atom stereocenters. The number of phenolic OH excluding ortho intramolecular Hbond substituents is 1. The highest BCUT2D eigenvalue weighted by Gasteiger charge is 2.16. The van der Waals surface area contributed by atoms with E-state index < -0.39 is 5.91 Å². The average Bonchev–Trinajstić information content (AvgIpc) is 2.45. The minimum absolute atomic E-state index is 0.149. The maximum atomic E-state index is 12.1. The zero-order valence-corrected chi connectivity index (χ0v) is 13.4. The third-order valence-electron chi connectivity index (χ3n) is 3.00. The van der Waals surface area contributed by atoms with Crippen molar-refractivity contribution in [1.82, 2.24) is 0 Å². The van der Waals surface area contributed by atoms with Crippen LogP contribution in [0.2, 0.25) is 15.1 Å². The molecule has 0 aliphatic heterocycles. The molecule has 21 heavy (non-hydrogen) atoms. The number of benzene rings is 2. The second kappa shape index (κ2) is 6.56. The number of anilines is 1. The van der Waals surface area contributed by atoms with Gasteiger partial charge in [-0.2, -0.15) is 0 Å². The Morgan fingerprint density at radius 1 is 1.19 bits per heavy atom. The smallest absolute Gasteiger partial charge is 0.255 e. The van der Waals surface area contributed by atoms with E-state index in [9.17, 15) is 9.90 Å². The van der Waals surface area contributed by atoms with Crippen LogP contribution in [0.1, 0.15) is 22.8 Å². The molecule has 0 heterocycles. The summed E-state index contributed by atoms with van der Waals surface area (Å²) in [5.41, 5.74) is 1.22. The van der Waals surface area contributed by atoms with Crippen molar-refractivity contribution in [3.05, 3.63) is 56.5 Å². The Kier molecular flexibility index (Phi) is 4.99. The van der Waals surface area contributed by atoms with E-state index in [0.29, 0.717) is 27.6 Å². The van der Waals surface area contributed by atoms with Crippen LogP contribution >= 0.6 is 34.8 Å². The first-order valence-corrected chi connectivity index (χ1v) is 7.34. The van der Waals surface area contributed by atoms with Crippen LogP contribution in [0.4, 0.5) is 5.69 Å². The third-order valence-corrected chi connectivity index (χ3v) is 3.99. The van der Waals surface area contributed by atoms with Crippen molar-refractivity contribution in [3.63, 3.8) is 0 Å². The fraction of sp³-hybridized carbons (Fsp3) is 0.133. The van der Waals surface area contributed by atoms with E-state index in [1.165, 1.54) is 6.07 Å². The molecule has 110 valence electrons. The molecular formula is C15H12Cl3NO2. The summed E-state index contributed by atoms with van der Waals surface area (Å²) in [5.74, 6) is -0.585. The Morgan fingerprint density at radius 2 is 1.81 bits per heavy atom. The largest absolute Gasteiger partial charge is 0.504 e. The van der Waals surface area contributed by atoms with E-state index >= 15 is 0 Å². The third kappa shape index (κ3) is 3.43. The first-order chi connectivity index (χ1) is 9.93. The SMILES string of the molecule is CCc1c(Cl)cc(NC(=O)c2ccc(Cl)cc2)c(O)c1Cl. The number of amides is 1. The van der Waals surface area contributed by atoms with Crippen molar-refractivity contribution < 1.29 is 9.90 Å². The molecule has 0 bridgehead atoms. The number of hydrogen-bond donors (Lipinski definition) is 2. The lowest BCUT2D eigenvalue weighted by atomic mass is 10.1. The molecule has 6 heteroatoms. The summed E-state index contributed by atoms with van der Waals surface area (Å²) >= 11 is 17.9. The van der Waals surface area contributed by atoms with Gasteiger partial charge in [0, 0.05) is 15.6 Å². The maximum Gasteiger partial charge on any atom is 0.255 e. The van der Waals surface area contributed by atoms with Gasteiger partial charge >= 0.3 is 0 Å². The van der Waals surface area contributed by atoms with Crippen LogP contribution in [-0.4, -0.2) is 11.0 Å². The molecule has 2 aromatic rings. The van der Waals surface area contributed by atoms with E-state index in [1.807, 2.05) is 6.92 Å². The van der Waals surface area contributed by atoms with Crippen molar-refractivity contribution >= 4 is 46.4 Å². The highest BCUT2D eigenvalue weighted by Crippen LogP contribution is 2.39. The molecule has 0 spiro atoms. The van der Waals surface area contributed by atoms with Crippen molar-refractivity contribution in [2.45, 2.75) is 13.3 Å². The number of phenols is 1. The lowest BCUT2D eigenvalue weighted by Gasteiger charge is -2.13. The van der Waals surface area contributed by atoms with Crippen LogP contribution in [-0.2, 0) is 6.42 Å². The molecule has 0 saturated carbocycles. The maximum absolute atomic E-state index is 12.1. The molecule has 0 aliphatic rings. The molecule has 1 amide bonds. The number of hydrogen-bond acceptors (Lipinski definition) is 2. The Morgan fingerprint density at radius 3 is 2.38 bits per heavy atom. The van der Waals surface area contributed by atoms with Crippen molar-refractivity contribution in [2.24, 2.45) is 0 Å². The van der Waals surface area contributed by atoms with Gasteiger partial charge in [0.05, 0.1) is 10.7 Å². The number of carbonyl (C=O) groups is 1. The quantitative estimate of drug-likeness (QED) is 0.755. The van der Waals surface area contributed by atoms with Gasteiger partial charge in [0.2, 0.25) is 0 Å². The monoisotopic (exact) mass is 343 g/mol. The first kappa shape index (κ1) is 16.0. The Bertz CT molecular complexity index is 684. The molecule has 0 saturated heterocycles. The van der Waals surface area contributed by atoms with Gasteiger partial charge in [-0.05, 0) is 42.3 Å². The van der Waals surface area contributed by atoms with E-state index in [1.54, 1.807) is 24.3 Å². The van der Waals surface area contributed by atoms with Gasteiger partial charge in [-0.15, -0.1) is 0 Å². The number of halogens is 3. The number of nitrogens with one attached hydrogen (secondary N) is 1. The molecule has 2 N–H and O–H groups in total. The molecule has 0 fully saturated rings. The minimum atomic E-state index is -0.390. The Balaban J connectivity index is 2.31. The summed E-state index contributed by atoms with van der Waals surface area (Å²) in [7, 11) is 0. The fourth-order valence-corrected chi connectivity index (χ4v) is 2.71. The van der Waals surface area contributed by atoms with Crippen LogP contribution in [0.15, 0.2) is 30.3 Å². The van der Waals surface area contributed by atoms with Crippen LogP contribution in [0, 0.1) is 0 Å². The standard InChI is InChI=1S/C15H12Cl3NO2/c1-2-10-11(17)7-12(14(20)13(10)18)19-15(21)8-3-5-9(16)6-4-8/h3-7,20H,2H2,1H3,(H,19,21). The highest BCUT2D eigenvalue weighted by atomic mass is 35.5. The number of aromatic hydroxyl groups is 1. The fourth-order valence-electron chi connectivity index (χ4n) is 1.86. The predicted octanol–water partition coefficient (Wildman–Crippen LogP) is 5.17. The van der Waals surface area contributed by atoms with Crippen LogP contribution in [0.3, 0.4) is 0 Å². The molecule has 2 rings (SSSR count). The highest BCUT2D eigenvalue weighted by molar-refractivity contribution is 6.37. The van der Waals surface area contributed by atoms with E-state index in [2.05, 4.69) is 5.32 Å². The van der Waals surface area contributed by atoms with Crippen molar-refractivity contribution in [1.29, 1.82) is 0 Å². The summed E-state index contributed by atoms with van der Waals surface area (Å²) in [6, 6.07) is 7.86. The molecule has 0 radical (unpaired) electrons. The van der Waals surface area contributed by atoms with E-state index in [-0.39, 0.29) is 16.5 Å². The van der Waals surface area contributed by atoms with E-state index in [4.69, 9.17) is 34.8 Å². The summed E-state index contributed by atoms with van der Waals surface area (Å²) in [6.45, 7) is 1.87. The molecule has 0 aliphatic carbocycles. The van der Waals surface area contributed by atoms with Crippen LogP contribution < -0.4 is 5.32 Å². The van der Waals surface area contributed by atoms with Gasteiger partial charge < -0.3 is 10.4 Å². The predicted molar refractivity (Wildman–Crippen MR) is 86.9 cm³/mol. The van der Waals surface area contributed by atoms with Crippen LogP contribution in [0.5, 0.6) is 5.75 Å². The Hall–Kier alpha value is -1.42. The lowest BCUT2D eigenvalue weighted by Crippen LogP contribution is -2.12. The molecule has 0 aromatic heterocycles. The second-order valence-corrected chi connectivity index (χ2v) is 5.58. The Labute approximate surface area is 137 Å².